The number of nitrogens with zero attached hydrogens (tertiary/aromatic N) is 1. The molecule has 1 fully saturated rings. The number of hydrogen-bond acceptors (Lipinski definition) is 5. The van der Waals surface area contributed by atoms with Gasteiger partial charge in [0.1, 0.15) is 5.75 Å². The van der Waals surface area contributed by atoms with Gasteiger partial charge in [0.25, 0.3) is 15.9 Å². The summed E-state index contributed by atoms with van der Waals surface area (Å²) in [6.07, 6.45) is 3.99. The van der Waals surface area contributed by atoms with E-state index in [2.05, 4.69) is 22.2 Å². The lowest BCUT2D eigenvalue weighted by molar-refractivity contribution is 0.0954. The highest BCUT2D eigenvalue weighted by Gasteiger charge is 2.19. The minimum atomic E-state index is -3.89. The summed E-state index contributed by atoms with van der Waals surface area (Å²) in [5.74, 6) is 0.529. The second-order valence-electron chi connectivity index (χ2n) is 7.15. The average molecular weight is 416 g/mol. The number of hydrazone groups is 1. The van der Waals surface area contributed by atoms with Crippen LogP contribution in [0.3, 0.4) is 0 Å². The molecule has 2 aromatic rings. The van der Waals surface area contributed by atoms with Gasteiger partial charge in [-0.25, -0.2) is 13.8 Å². The molecule has 7 nitrogen and oxygen atoms in total. The maximum absolute atomic E-state index is 12.8. The summed E-state index contributed by atoms with van der Waals surface area (Å²) in [4.78, 5) is 12.4. The molecule has 154 valence electrons. The SMILES string of the molecule is COc1ccccc1NS(=O)(=O)c1cccc(C(=O)N/N=C2/CCC[C@@H](C)C2)c1. The van der Waals surface area contributed by atoms with E-state index in [1.165, 1.54) is 31.7 Å². The molecule has 0 heterocycles. The van der Waals surface area contributed by atoms with E-state index in [1.54, 1.807) is 30.3 Å². The number of carbonyl (C=O) groups is 1. The fourth-order valence-electron chi connectivity index (χ4n) is 3.29. The normalized spacial score (nSPS) is 18.3. The van der Waals surface area contributed by atoms with Crippen LogP contribution < -0.4 is 14.9 Å². The van der Waals surface area contributed by atoms with Gasteiger partial charge in [0.15, 0.2) is 0 Å². The Morgan fingerprint density at radius 1 is 1.17 bits per heavy atom. The fraction of sp³-hybridized carbons (Fsp3) is 0.333. The lowest BCUT2D eigenvalue weighted by Gasteiger charge is -2.19. The maximum Gasteiger partial charge on any atom is 0.271 e. The van der Waals surface area contributed by atoms with Gasteiger partial charge in [0, 0.05) is 11.3 Å². The van der Waals surface area contributed by atoms with Gasteiger partial charge in [-0.2, -0.15) is 5.10 Å². The summed E-state index contributed by atoms with van der Waals surface area (Å²) in [5.41, 5.74) is 4.07. The molecule has 2 aromatic carbocycles. The average Bonchev–Trinajstić information content (AvgIpc) is 2.72. The Labute approximate surface area is 171 Å². The van der Waals surface area contributed by atoms with Crippen LogP contribution >= 0.6 is 0 Å². The monoisotopic (exact) mass is 415 g/mol. The Morgan fingerprint density at radius 2 is 1.97 bits per heavy atom. The summed E-state index contributed by atoms with van der Waals surface area (Å²) in [5, 5.41) is 4.23. The van der Waals surface area contributed by atoms with Gasteiger partial charge < -0.3 is 4.74 Å². The molecule has 0 aliphatic heterocycles. The molecular formula is C21H25N3O4S. The molecule has 8 heteroatoms. The minimum absolute atomic E-state index is 0.0185. The van der Waals surface area contributed by atoms with Crippen LogP contribution in [0.25, 0.3) is 0 Å². The summed E-state index contributed by atoms with van der Waals surface area (Å²) in [7, 11) is -2.43. The topological polar surface area (TPSA) is 96.9 Å². The van der Waals surface area contributed by atoms with Crippen molar-refractivity contribution in [3.8, 4) is 5.75 Å². The number of ether oxygens (including phenoxy) is 1. The molecule has 1 aliphatic carbocycles. The van der Waals surface area contributed by atoms with Crippen LogP contribution in [0.1, 0.15) is 43.0 Å². The smallest absolute Gasteiger partial charge is 0.271 e. The highest BCUT2D eigenvalue weighted by Crippen LogP contribution is 2.26. The Bertz CT molecular complexity index is 1020. The van der Waals surface area contributed by atoms with E-state index >= 15 is 0 Å². The first-order valence-corrected chi connectivity index (χ1v) is 11.0. The number of anilines is 1. The molecule has 0 spiro atoms. The number of nitrogens with one attached hydrogen (secondary N) is 2. The highest BCUT2D eigenvalue weighted by molar-refractivity contribution is 7.92. The maximum atomic E-state index is 12.8. The van der Waals surface area contributed by atoms with Crippen molar-refractivity contribution >= 4 is 27.3 Å². The van der Waals surface area contributed by atoms with E-state index in [-0.39, 0.29) is 10.5 Å². The van der Waals surface area contributed by atoms with Crippen molar-refractivity contribution < 1.29 is 17.9 Å². The van der Waals surface area contributed by atoms with Crippen molar-refractivity contribution in [2.75, 3.05) is 11.8 Å². The van der Waals surface area contributed by atoms with Gasteiger partial charge >= 0.3 is 0 Å². The second-order valence-corrected chi connectivity index (χ2v) is 8.84. The van der Waals surface area contributed by atoms with Crippen LogP contribution in [0.15, 0.2) is 58.5 Å². The summed E-state index contributed by atoms with van der Waals surface area (Å²) in [6.45, 7) is 2.17. The first kappa shape index (κ1) is 20.9. The zero-order valence-corrected chi connectivity index (χ0v) is 17.3. The zero-order valence-electron chi connectivity index (χ0n) is 16.5. The molecule has 1 saturated carbocycles. The van der Waals surface area contributed by atoms with Crippen LogP contribution in [0.2, 0.25) is 0 Å². The third-order valence-corrected chi connectivity index (χ3v) is 6.18. The lowest BCUT2D eigenvalue weighted by Crippen LogP contribution is -2.22. The van der Waals surface area contributed by atoms with Crippen LogP contribution in [-0.2, 0) is 10.0 Å². The van der Waals surface area contributed by atoms with Crippen molar-refractivity contribution in [2.45, 2.75) is 37.5 Å². The van der Waals surface area contributed by atoms with Crippen molar-refractivity contribution in [3.63, 3.8) is 0 Å². The first-order valence-electron chi connectivity index (χ1n) is 9.50. The number of para-hydroxylation sites is 2. The summed E-state index contributed by atoms with van der Waals surface area (Å²) >= 11 is 0. The van der Waals surface area contributed by atoms with Crippen molar-refractivity contribution in [1.82, 2.24) is 5.43 Å². The van der Waals surface area contributed by atoms with Crippen molar-refractivity contribution in [1.29, 1.82) is 0 Å². The number of rotatable bonds is 6. The molecule has 29 heavy (non-hydrogen) atoms. The Morgan fingerprint density at radius 3 is 2.72 bits per heavy atom. The lowest BCUT2D eigenvalue weighted by atomic mass is 9.89. The molecule has 3 rings (SSSR count). The van der Waals surface area contributed by atoms with Crippen molar-refractivity contribution in [3.05, 3.63) is 54.1 Å². The zero-order chi connectivity index (χ0) is 20.9. The van der Waals surface area contributed by atoms with Crippen LogP contribution in [0.4, 0.5) is 5.69 Å². The van der Waals surface area contributed by atoms with Gasteiger partial charge in [-0.3, -0.25) is 9.52 Å². The third-order valence-electron chi connectivity index (χ3n) is 4.82. The van der Waals surface area contributed by atoms with Crippen molar-refractivity contribution in [2.24, 2.45) is 11.0 Å². The Balaban J connectivity index is 1.76. The first-order chi connectivity index (χ1) is 13.9. The molecule has 2 N–H and O–H groups in total. The van der Waals surface area contributed by atoms with E-state index in [0.29, 0.717) is 17.4 Å². The third kappa shape index (κ3) is 5.35. The number of methoxy groups -OCH3 is 1. The quantitative estimate of drug-likeness (QED) is 0.702. The van der Waals surface area contributed by atoms with Gasteiger partial charge in [0.05, 0.1) is 17.7 Å². The molecule has 1 atom stereocenters. The second kappa shape index (κ2) is 9.09. The predicted octanol–water partition coefficient (Wildman–Crippen LogP) is 3.79. The molecule has 0 radical (unpaired) electrons. The Hall–Kier alpha value is -2.87. The van der Waals surface area contributed by atoms with Crippen LogP contribution in [-0.4, -0.2) is 27.1 Å². The van der Waals surface area contributed by atoms with Gasteiger partial charge in [0.2, 0.25) is 0 Å². The standard InChI is InChI=1S/C21H25N3O4S/c1-15-7-5-9-17(13-15)22-23-21(25)16-8-6-10-18(14-16)29(26,27)24-19-11-3-4-12-20(19)28-2/h3-4,6,8,10-12,14-15,24H,5,7,9,13H2,1-2H3,(H,23,25)/b22-17-/t15-/m1/s1. The molecule has 0 saturated heterocycles. The Kier molecular flexibility index (Phi) is 6.53. The predicted molar refractivity (Wildman–Crippen MR) is 113 cm³/mol. The van der Waals surface area contributed by atoms with E-state index in [0.717, 1.165) is 25.0 Å². The van der Waals surface area contributed by atoms with E-state index < -0.39 is 15.9 Å². The summed E-state index contributed by atoms with van der Waals surface area (Å²) < 4.78 is 33.2. The highest BCUT2D eigenvalue weighted by atomic mass is 32.2. The van der Waals surface area contributed by atoms with E-state index in [4.69, 9.17) is 4.74 Å². The number of carbonyl (C=O) groups excluding carboxylic acids is 1. The summed E-state index contributed by atoms with van der Waals surface area (Å²) in [6, 6.07) is 12.6. The van der Waals surface area contributed by atoms with Gasteiger partial charge in [-0.15, -0.1) is 0 Å². The minimum Gasteiger partial charge on any atom is -0.495 e. The van der Waals surface area contributed by atoms with Gasteiger partial charge in [-0.05, 0) is 61.9 Å². The van der Waals surface area contributed by atoms with Crippen LogP contribution in [0.5, 0.6) is 5.75 Å². The molecule has 0 aromatic heterocycles. The molecule has 1 aliphatic rings. The molecule has 1 amide bonds. The van der Waals surface area contributed by atoms with E-state index in [9.17, 15) is 13.2 Å². The number of sulfonamides is 1. The fourth-order valence-corrected chi connectivity index (χ4v) is 4.41. The van der Waals surface area contributed by atoms with E-state index in [1.807, 2.05) is 0 Å². The largest absolute Gasteiger partial charge is 0.495 e. The van der Waals surface area contributed by atoms with Crippen LogP contribution in [0, 0.1) is 5.92 Å². The molecule has 0 unspecified atom stereocenters. The molecule has 0 bridgehead atoms. The van der Waals surface area contributed by atoms with Gasteiger partial charge in [-0.1, -0.05) is 25.1 Å². The number of benzene rings is 2. The molecular weight excluding hydrogens is 390 g/mol. The number of amides is 1. The number of hydrogen-bond donors (Lipinski definition) is 2.